The molecule has 0 amide bonds. The molecule has 0 saturated heterocycles. The fraction of sp³-hybridized carbons (Fsp3) is 0.600. The Labute approximate surface area is 145 Å². The Kier molecular flexibility index (Phi) is 10.0. The third kappa shape index (κ3) is 7.73. The predicted octanol–water partition coefficient (Wildman–Crippen LogP) is 4.20. The number of carboxylic acids is 1. The van der Waals surface area contributed by atoms with E-state index in [0.29, 0.717) is 24.8 Å². The van der Waals surface area contributed by atoms with Crippen LogP contribution in [-0.2, 0) is 9.59 Å². The van der Waals surface area contributed by atoms with E-state index in [-0.39, 0.29) is 24.5 Å². The topological polar surface area (TPSA) is 74.6 Å². The molecular weight excluding hydrogens is 304 g/mol. The summed E-state index contributed by atoms with van der Waals surface area (Å²) in [4.78, 5) is 22.5. The quantitative estimate of drug-likeness (QED) is 0.337. The highest BCUT2D eigenvalue weighted by Gasteiger charge is 2.35. The molecule has 0 heterocycles. The van der Waals surface area contributed by atoms with Crippen molar-refractivity contribution in [3.05, 3.63) is 36.0 Å². The lowest BCUT2D eigenvalue weighted by Crippen LogP contribution is -2.13. The molecule has 0 aromatic carbocycles. The molecule has 1 unspecified atom stereocenters. The van der Waals surface area contributed by atoms with Crippen LogP contribution in [-0.4, -0.2) is 28.1 Å². The number of allylic oxidation sites excluding steroid dienone is 5. The zero-order valence-electron chi connectivity index (χ0n) is 14.6. The van der Waals surface area contributed by atoms with Gasteiger partial charge in [0.2, 0.25) is 0 Å². The molecule has 4 heteroatoms. The summed E-state index contributed by atoms with van der Waals surface area (Å²) in [6.07, 6.45) is 16.1. The van der Waals surface area contributed by atoms with Crippen molar-refractivity contribution < 1.29 is 19.8 Å². The Morgan fingerprint density at radius 2 is 1.92 bits per heavy atom. The van der Waals surface area contributed by atoms with Crippen molar-refractivity contribution in [1.29, 1.82) is 0 Å². The van der Waals surface area contributed by atoms with Crippen LogP contribution in [0.3, 0.4) is 0 Å². The van der Waals surface area contributed by atoms with Gasteiger partial charge in [0.05, 0.1) is 6.10 Å². The van der Waals surface area contributed by atoms with Crippen molar-refractivity contribution in [2.24, 2.45) is 5.92 Å². The zero-order chi connectivity index (χ0) is 17.8. The van der Waals surface area contributed by atoms with Gasteiger partial charge in [0.25, 0.3) is 0 Å². The average Bonchev–Trinajstić information content (AvgIpc) is 2.80. The van der Waals surface area contributed by atoms with Gasteiger partial charge in [0, 0.05) is 24.3 Å². The minimum absolute atomic E-state index is 0.0324. The minimum Gasteiger partial charge on any atom is -0.481 e. The van der Waals surface area contributed by atoms with Crippen molar-refractivity contribution in [3.8, 4) is 0 Å². The number of Topliss-reactive ketones (excluding diaryl/α,β-unsaturated/α-hetero) is 1. The first-order chi connectivity index (χ1) is 11.6. The number of hydrogen-bond donors (Lipinski definition) is 2. The number of rotatable bonds is 11. The van der Waals surface area contributed by atoms with Crippen LogP contribution in [0, 0.1) is 5.92 Å². The fourth-order valence-corrected chi connectivity index (χ4v) is 2.88. The molecule has 0 aromatic rings. The second-order valence-electron chi connectivity index (χ2n) is 6.34. The number of carbonyl (C=O) groups is 2. The lowest BCUT2D eigenvalue weighted by molar-refractivity contribution is -0.137. The summed E-state index contributed by atoms with van der Waals surface area (Å²) < 4.78 is 0. The largest absolute Gasteiger partial charge is 0.481 e. The third-order valence-electron chi connectivity index (χ3n) is 4.28. The SMILES string of the molecule is CCCCC/C=C/C=C1/C(=O)C[C@H](O)C1C/C=C\CCCC(=O)O. The number of carboxylic acid groups (broad SMARTS) is 1. The van der Waals surface area contributed by atoms with Gasteiger partial charge >= 0.3 is 5.97 Å². The van der Waals surface area contributed by atoms with E-state index in [1.165, 1.54) is 12.8 Å². The fourth-order valence-electron chi connectivity index (χ4n) is 2.88. The molecule has 1 fully saturated rings. The summed E-state index contributed by atoms with van der Waals surface area (Å²) in [5.41, 5.74) is 0.712. The highest BCUT2D eigenvalue weighted by Crippen LogP contribution is 2.31. The molecule has 134 valence electrons. The van der Waals surface area contributed by atoms with E-state index >= 15 is 0 Å². The van der Waals surface area contributed by atoms with Gasteiger partial charge in [-0.05, 0) is 32.1 Å². The lowest BCUT2D eigenvalue weighted by atomic mass is 9.96. The van der Waals surface area contributed by atoms with Crippen molar-refractivity contribution in [2.45, 2.75) is 70.8 Å². The molecule has 1 saturated carbocycles. The molecular formula is C20H30O4. The molecule has 24 heavy (non-hydrogen) atoms. The van der Waals surface area contributed by atoms with Crippen molar-refractivity contribution in [2.75, 3.05) is 0 Å². The van der Waals surface area contributed by atoms with E-state index in [1.54, 1.807) is 0 Å². The summed E-state index contributed by atoms with van der Waals surface area (Å²) in [6, 6.07) is 0. The Balaban J connectivity index is 2.48. The third-order valence-corrected chi connectivity index (χ3v) is 4.28. The van der Waals surface area contributed by atoms with Crippen LogP contribution < -0.4 is 0 Å². The molecule has 1 aliphatic carbocycles. The first-order valence-electron chi connectivity index (χ1n) is 9.01. The standard InChI is InChI=1S/C20H30O4/c1-2-3-4-5-6-9-12-16-17(19(22)15-18(16)21)13-10-7-8-11-14-20(23)24/h6-7,9-10,12,17,19,22H,2-5,8,11,13-15H2,1H3,(H,23,24)/b9-6+,10-7-,16-12+/t17?,19-/m0/s1. The number of aliphatic hydroxyl groups is 1. The Hall–Kier alpha value is -1.68. The number of ketones is 1. The number of aliphatic carboxylic acids is 1. The highest BCUT2D eigenvalue weighted by molar-refractivity contribution is 5.99. The smallest absolute Gasteiger partial charge is 0.303 e. The molecule has 0 aliphatic heterocycles. The lowest BCUT2D eigenvalue weighted by Gasteiger charge is -2.12. The van der Waals surface area contributed by atoms with Crippen LogP contribution >= 0.6 is 0 Å². The van der Waals surface area contributed by atoms with Crippen molar-refractivity contribution >= 4 is 11.8 Å². The van der Waals surface area contributed by atoms with Crippen LogP contribution in [0.5, 0.6) is 0 Å². The predicted molar refractivity (Wildman–Crippen MR) is 95.7 cm³/mol. The highest BCUT2D eigenvalue weighted by atomic mass is 16.4. The van der Waals surface area contributed by atoms with Gasteiger partial charge in [-0.2, -0.15) is 0 Å². The number of carbonyl (C=O) groups excluding carboxylic acids is 1. The van der Waals surface area contributed by atoms with Crippen molar-refractivity contribution in [3.63, 3.8) is 0 Å². The van der Waals surface area contributed by atoms with Gasteiger partial charge in [-0.3, -0.25) is 9.59 Å². The van der Waals surface area contributed by atoms with E-state index in [4.69, 9.17) is 5.11 Å². The van der Waals surface area contributed by atoms with Crippen LogP contribution in [0.25, 0.3) is 0 Å². The maximum atomic E-state index is 12.0. The molecule has 0 bridgehead atoms. The normalized spacial score (nSPS) is 23.1. The Bertz CT molecular complexity index is 488. The first kappa shape index (κ1) is 20.4. The second kappa shape index (κ2) is 11.8. The van der Waals surface area contributed by atoms with Gasteiger partial charge < -0.3 is 10.2 Å². The number of hydrogen-bond acceptors (Lipinski definition) is 3. The second-order valence-corrected chi connectivity index (χ2v) is 6.34. The van der Waals surface area contributed by atoms with Crippen LogP contribution in [0.15, 0.2) is 36.0 Å². The molecule has 0 spiro atoms. The van der Waals surface area contributed by atoms with Gasteiger partial charge in [-0.1, -0.05) is 50.1 Å². The first-order valence-corrected chi connectivity index (χ1v) is 9.01. The maximum Gasteiger partial charge on any atom is 0.303 e. The van der Waals surface area contributed by atoms with E-state index in [0.717, 1.165) is 12.8 Å². The molecule has 2 N–H and O–H groups in total. The van der Waals surface area contributed by atoms with E-state index in [9.17, 15) is 14.7 Å². The molecule has 4 nitrogen and oxygen atoms in total. The number of unbranched alkanes of at least 4 members (excludes halogenated alkanes) is 4. The number of aliphatic hydroxyl groups excluding tert-OH is 1. The summed E-state index contributed by atoms with van der Waals surface area (Å²) in [6.45, 7) is 2.17. The van der Waals surface area contributed by atoms with E-state index in [2.05, 4.69) is 13.0 Å². The van der Waals surface area contributed by atoms with E-state index in [1.807, 2.05) is 24.3 Å². The Morgan fingerprint density at radius 3 is 2.62 bits per heavy atom. The maximum absolute atomic E-state index is 12.0. The van der Waals surface area contributed by atoms with E-state index < -0.39 is 12.1 Å². The molecule has 0 aromatic heterocycles. The van der Waals surface area contributed by atoms with Gasteiger partial charge in [-0.15, -0.1) is 0 Å². The summed E-state index contributed by atoms with van der Waals surface area (Å²) in [7, 11) is 0. The van der Waals surface area contributed by atoms with Gasteiger partial charge in [0.15, 0.2) is 5.78 Å². The Morgan fingerprint density at radius 1 is 1.17 bits per heavy atom. The van der Waals surface area contributed by atoms with Crippen molar-refractivity contribution in [1.82, 2.24) is 0 Å². The summed E-state index contributed by atoms with van der Waals surface area (Å²) in [5.74, 6) is -0.894. The molecule has 0 radical (unpaired) electrons. The molecule has 2 atom stereocenters. The molecule has 1 rings (SSSR count). The van der Waals surface area contributed by atoms with Crippen LogP contribution in [0.4, 0.5) is 0 Å². The average molecular weight is 334 g/mol. The zero-order valence-corrected chi connectivity index (χ0v) is 14.6. The molecule has 1 aliphatic rings. The summed E-state index contributed by atoms with van der Waals surface area (Å²) >= 11 is 0. The minimum atomic E-state index is -0.781. The van der Waals surface area contributed by atoms with Crippen LogP contribution in [0.2, 0.25) is 0 Å². The van der Waals surface area contributed by atoms with Crippen LogP contribution in [0.1, 0.15) is 64.7 Å². The summed E-state index contributed by atoms with van der Waals surface area (Å²) in [5, 5.41) is 18.7. The monoisotopic (exact) mass is 334 g/mol. The van der Waals surface area contributed by atoms with Gasteiger partial charge in [-0.25, -0.2) is 0 Å². The van der Waals surface area contributed by atoms with Gasteiger partial charge in [0.1, 0.15) is 0 Å².